The maximum Gasteiger partial charge on any atom is 0.265 e. The van der Waals surface area contributed by atoms with E-state index in [9.17, 15) is 28.8 Å². The van der Waals surface area contributed by atoms with Gasteiger partial charge in [0.1, 0.15) is 33.9 Å². The summed E-state index contributed by atoms with van der Waals surface area (Å²) in [6.07, 6.45) is 0. The van der Waals surface area contributed by atoms with Gasteiger partial charge in [-0.3, -0.25) is 55.2 Å². The van der Waals surface area contributed by atoms with Crippen LogP contribution in [0.1, 0.15) is 0 Å². The molecule has 0 N–H and O–H groups in total. The van der Waals surface area contributed by atoms with Crippen LogP contribution in [-0.2, 0) is 0 Å². The lowest BCUT2D eigenvalue weighted by Gasteiger charge is -2.19. The quantitative estimate of drug-likeness (QED) is 0.103. The van der Waals surface area contributed by atoms with Gasteiger partial charge in [-0.25, -0.2) is 29.9 Å². The fraction of sp³-hybridized carbons (Fsp3) is 0. The first kappa shape index (κ1) is 71.4. The number of halogens is 6. The highest BCUT2D eigenvalue weighted by atomic mass is 79.9. The first-order chi connectivity index (χ1) is 61.5. The largest absolute Gasteiger partial charge is 0.268 e. The summed E-state index contributed by atoms with van der Waals surface area (Å²) in [6, 6.07) is 83.1. The Bertz CT molecular complexity index is 10300. The molecule has 30 rings (SSSR count). The number of benzene rings is 18. The molecule has 0 spiro atoms. The summed E-state index contributed by atoms with van der Waals surface area (Å²) in [5, 5.41) is 23.7. The van der Waals surface area contributed by atoms with Crippen LogP contribution < -0.4 is 33.4 Å². The van der Waals surface area contributed by atoms with Gasteiger partial charge in [-0.15, -0.1) is 0 Å². The lowest BCUT2D eigenvalue weighted by Crippen LogP contribution is -2.20. The molecule has 0 aliphatic carbocycles. The predicted octanol–water partition coefficient (Wildman–Crippen LogP) is 24.5. The van der Waals surface area contributed by atoms with E-state index in [-0.39, 0.29) is 33.4 Å². The van der Waals surface area contributed by atoms with Crippen LogP contribution in [0, 0.1) is 0 Å². The average molecular weight is 2010 g/mol. The first-order valence-corrected chi connectivity index (χ1v) is 45.0. The molecule has 0 saturated carbocycles. The molecule has 12 heterocycles. The normalized spacial score (nSPS) is 12.7. The fourth-order valence-electron chi connectivity index (χ4n) is 21.2. The third-order valence-electron chi connectivity index (χ3n) is 26.1. The van der Waals surface area contributed by atoms with Crippen molar-refractivity contribution in [2.24, 2.45) is 0 Å². The highest BCUT2D eigenvalue weighted by Gasteiger charge is 2.32. The second-order valence-corrected chi connectivity index (χ2v) is 37.4. The summed E-state index contributed by atoms with van der Waals surface area (Å²) in [5.74, 6) is 0. The van der Waals surface area contributed by atoms with E-state index in [2.05, 4.69) is 95.6 Å². The van der Waals surface area contributed by atoms with Gasteiger partial charge >= 0.3 is 0 Å². The zero-order chi connectivity index (χ0) is 84.0. The standard InChI is InChI=1S/3C34H14Br2N4O2/c35-19-13-18-28-27-17(33(41)39-23-11-3-7-15-5-1-9-21(25(15)23)37-31(39)29(19)27)14-20(36)30(28)32-38-22-10-2-6-16-8-4-12-24(26(16)22)40(32)34(18)42;35-19-14-18-27-17(31-37-21-9-1-5-15-7-3-11-23(25(15)21)39(31)33(18)41)13-20(36)29-30(27)28(19)32-38-22-10-2-6-16-8-4-12-24(26(16)22)40(32)34(29)42;35-19-13-17-27-28-18(32-38-22-10-2-6-16-8-4-12-24(26(16)22)40(32)34(42)30(19)28)14-20(36)29(27)33(41)39-23-11-3-7-15-5-1-9-21(25(15)23)37-31(17)39/h3*1-14H. The summed E-state index contributed by atoms with van der Waals surface area (Å²) in [5.41, 5.74) is 11.8. The Kier molecular flexibility index (Phi) is 14.2. The molecule has 0 aliphatic rings. The molecule has 0 bridgehead atoms. The number of aromatic nitrogens is 12. The Balaban J connectivity index is 0.0000000961. The average Bonchev–Trinajstić information content (AvgIpc) is 0.688. The van der Waals surface area contributed by atoms with E-state index in [1.807, 2.05) is 255 Å². The molecule has 0 atom stereocenters. The summed E-state index contributed by atoms with van der Waals surface area (Å²) in [7, 11) is 0. The molecule has 24 heteroatoms. The molecule has 18 nitrogen and oxygen atoms in total. The molecule has 0 saturated heterocycles. The Morgan fingerprint density at radius 3 is 0.627 bits per heavy atom. The molecular weight excluding hydrogens is 1970 g/mol. The van der Waals surface area contributed by atoms with Crippen LogP contribution in [0.3, 0.4) is 0 Å². The van der Waals surface area contributed by atoms with Crippen LogP contribution in [0.5, 0.6) is 0 Å². The molecule has 0 unspecified atom stereocenters. The Morgan fingerprint density at radius 2 is 0.349 bits per heavy atom. The fourth-order valence-corrected chi connectivity index (χ4v) is 24.8. The summed E-state index contributed by atoms with van der Waals surface area (Å²) in [4.78, 5) is 117. The third-order valence-corrected chi connectivity index (χ3v) is 29.9. The van der Waals surface area contributed by atoms with Crippen LogP contribution in [0.25, 0.3) is 262 Å². The van der Waals surface area contributed by atoms with Crippen LogP contribution in [-0.4, -0.2) is 56.3 Å². The van der Waals surface area contributed by atoms with Gasteiger partial charge in [0.15, 0.2) is 0 Å². The van der Waals surface area contributed by atoms with Crippen LogP contribution in [0.4, 0.5) is 0 Å². The van der Waals surface area contributed by atoms with E-state index in [4.69, 9.17) is 29.9 Å². The molecule has 0 aliphatic heterocycles. The number of rotatable bonds is 0. The van der Waals surface area contributed by atoms with Crippen molar-refractivity contribution in [3.63, 3.8) is 0 Å². The number of fused-ring (bicyclic) bond motifs is 18. The van der Waals surface area contributed by atoms with Crippen LogP contribution in [0.2, 0.25) is 0 Å². The second kappa shape index (κ2) is 25.0. The van der Waals surface area contributed by atoms with Gasteiger partial charge in [-0.2, -0.15) is 0 Å². The molecule has 0 fully saturated rings. The van der Waals surface area contributed by atoms with Crippen molar-refractivity contribution in [2.45, 2.75) is 0 Å². The van der Waals surface area contributed by atoms with Crippen molar-refractivity contribution in [1.29, 1.82) is 0 Å². The minimum Gasteiger partial charge on any atom is -0.268 e. The van der Waals surface area contributed by atoms with E-state index < -0.39 is 0 Å². The van der Waals surface area contributed by atoms with E-state index in [0.29, 0.717) is 125 Å². The summed E-state index contributed by atoms with van der Waals surface area (Å²) in [6.45, 7) is 0. The summed E-state index contributed by atoms with van der Waals surface area (Å²) >= 11 is 22.7. The van der Waals surface area contributed by atoms with Gasteiger partial charge in [0.05, 0.1) is 98.5 Å². The maximum atomic E-state index is 14.5. The van der Waals surface area contributed by atoms with E-state index in [1.54, 1.807) is 26.4 Å². The predicted molar refractivity (Wildman–Crippen MR) is 530 cm³/mol. The van der Waals surface area contributed by atoms with Crippen molar-refractivity contribution >= 4 is 357 Å². The first-order valence-electron chi connectivity index (χ1n) is 40.2. The van der Waals surface area contributed by atoms with Crippen molar-refractivity contribution < 1.29 is 0 Å². The van der Waals surface area contributed by atoms with Crippen molar-refractivity contribution in [1.82, 2.24) is 56.3 Å². The molecule has 126 heavy (non-hydrogen) atoms. The lowest BCUT2D eigenvalue weighted by atomic mass is 9.95. The van der Waals surface area contributed by atoms with Gasteiger partial charge in [-0.05, 0) is 237 Å². The Hall–Kier alpha value is -14.0. The van der Waals surface area contributed by atoms with E-state index in [0.717, 1.165) is 163 Å². The van der Waals surface area contributed by atoms with Gasteiger partial charge < -0.3 is 0 Å². The minimum atomic E-state index is -0.193. The zero-order valence-electron chi connectivity index (χ0n) is 64.3. The van der Waals surface area contributed by atoms with E-state index in [1.165, 1.54) is 0 Å². The Morgan fingerprint density at radius 1 is 0.167 bits per heavy atom. The van der Waals surface area contributed by atoms with E-state index >= 15 is 0 Å². The summed E-state index contributed by atoms with van der Waals surface area (Å²) < 4.78 is 14.3. The zero-order valence-corrected chi connectivity index (χ0v) is 73.8. The van der Waals surface area contributed by atoms with Gasteiger partial charge in [-0.1, -0.05) is 146 Å². The van der Waals surface area contributed by atoms with Gasteiger partial charge in [0.25, 0.3) is 33.4 Å². The van der Waals surface area contributed by atoms with Crippen molar-refractivity contribution in [3.05, 3.63) is 344 Å². The Labute approximate surface area is 750 Å². The highest BCUT2D eigenvalue weighted by Crippen LogP contribution is 2.49. The molecule has 0 radical (unpaired) electrons. The molecule has 12 aromatic heterocycles. The molecule has 0 amide bonds. The lowest BCUT2D eigenvalue weighted by molar-refractivity contribution is 1.14. The smallest absolute Gasteiger partial charge is 0.265 e. The number of hydrogen-bond donors (Lipinski definition) is 0. The molecular formula is C102H42Br6N12O6. The third kappa shape index (κ3) is 8.96. The monoisotopic (exact) mass is 2000 g/mol. The topological polar surface area (TPSA) is 206 Å². The van der Waals surface area contributed by atoms with Crippen LogP contribution in [0.15, 0.2) is 310 Å². The highest BCUT2D eigenvalue weighted by molar-refractivity contribution is 9.11. The number of pyridine rings is 6. The number of nitrogens with zero attached hydrogens (tertiary/aromatic N) is 12. The van der Waals surface area contributed by atoms with Gasteiger partial charge in [0, 0.05) is 124 Å². The molecule has 18 aromatic carbocycles. The second-order valence-electron chi connectivity index (χ2n) is 32.3. The maximum absolute atomic E-state index is 14.5. The minimum absolute atomic E-state index is 0.181. The van der Waals surface area contributed by atoms with Crippen LogP contribution >= 0.6 is 95.6 Å². The SMILES string of the molecule is O=c1c2c(Br)cc3c4c(c(Br)cc(c24)c2nc4cccc5cccc(c54)n12)c(=O)n1c2cccc4cccc(nc31)c42.O=c1c2cc(Br)c3c4c(c(Br)cc(c24)c2nc4cccc5cccc(c54)n12)c(=O)n1c2cccc4cccc(nc31)c42.O=c1c2cc(Br)c3c4c(cc(Br)c(c24)c2nc4cccc5cccc(c54)n12)c(=O)n1c2cccc4cccc(nc31)c42. The molecule has 588 valence electrons. The van der Waals surface area contributed by atoms with Crippen molar-refractivity contribution in [3.8, 4) is 0 Å². The van der Waals surface area contributed by atoms with Gasteiger partial charge in [0.2, 0.25) is 0 Å². The number of hydrogen-bond acceptors (Lipinski definition) is 12. The molecule has 30 aromatic rings. The van der Waals surface area contributed by atoms with Crippen molar-refractivity contribution in [2.75, 3.05) is 0 Å².